The van der Waals surface area contributed by atoms with E-state index in [-0.39, 0.29) is 81.2 Å². The lowest BCUT2D eigenvalue weighted by molar-refractivity contribution is -0.293. The van der Waals surface area contributed by atoms with Crippen molar-refractivity contribution in [1.29, 1.82) is 0 Å². The second kappa shape index (κ2) is 39.7. The van der Waals surface area contributed by atoms with Crippen LogP contribution >= 0.6 is 11.6 Å². The molecule has 22 N–H and O–H groups in total. The number of halogens is 1. The second-order valence-electron chi connectivity index (χ2n) is 27.3. The first-order valence-electron chi connectivity index (χ1n) is 35.5. The molecule has 0 spiro atoms. The lowest BCUT2D eigenvalue weighted by Gasteiger charge is -2.39. The number of H-pyrrole nitrogens is 1. The molecule has 34 nitrogen and oxygen atoms in total. The number of hydrazine groups is 1. The normalized spacial score (nSPS) is 19.1. The average Bonchev–Trinajstić information content (AvgIpc) is 1.82. The first-order chi connectivity index (χ1) is 51.9. The molecule has 2 saturated heterocycles. The third-order valence-electron chi connectivity index (χ3n) is 18.3. The molecular weight excluding hydrogens is 1440 g/mol. The number of aromatic nitrogens is 1. The second-order valence-corrected chi connectivity index (χ2v) is 27.7. The molecule has 1 aromatic heterocycles. The maximum Gasteiger partial charge on any atom is 0.330 e. The number of phenols is 1. The number of urea groups is 1. The van der Waals surface area contributed by atoms with Crippen LogP contribution in [0.4, 0.5) is 4.79 Å². The molecule has 3 heterocycles. The summed E-state index contributed by atoms with van der Waals surface area (Å²) in [7, 11) is 0. The van der Waals surface area contributed by atoms with E-state index in [9.17, 15) is 59.1 Å². The van der Waals surface area contributed by atoms with Crippen LogP contribution in [0, 0.1) is 5.92 Å². The predicted octanol–water partition coefficient (Wildman–Crippen LogP) is -1.52. The molecule has 14 atom stereocenters. The lowest BCUT2D eigenvalue weighted by atomic mass is 9.99. The fraction of sp³-hybridized carbons (Fsp3) is 0.432. The van der Waals surface area contributed by atoms with E-state index in [1.54, 1.807) is 68.4 Å². The number of nitrogens with two attached hydrogens (primary N) is 3. The number of nitrogens with one attached hydrogen (secondary N) is 11. The Morgan fingerprint density at radius 1 is 0.596 bits per heavy atom. The molecule has 12 amide bonds. The number of aliphatic hydroxyl groups is 4. The van der Waals surface area contributed by atoms with Crippen molar-refractivity contribution in [1.82, 2.24) is 63.3 Å². The molecule has 0 saturated carbocycles. The van der Waals surface area contributed by atoms with Crippen molar-refractivity contribution in [2.24, 2.45) is 28.1 Å². The van der Waals surface area contributed by atoms with Gasteiger partial charge in [-0.05, 0) is 114 Å². The zero-order valence-electron chi connectivity index (χ0n) is 60.4. The number of carbonyl (C=O) groups is 11. The quantitative estimate of drug-likeness (QED) is 0.00929. The molecule has 0 radical (unpaired) electrons. The number of guanidine groups is 1. The Morgan fingerprint density at radius 2 is 1.11 bits per heavy atom. The first-order valence-corrected chi connectivity index (χ1v) is 35.9. The number of carbonyl (C=O) groups excluding carboxylic acids is 11. The smallest absolute Gasteiger partial charge is 0.330 e. The van der Waals surface area contributed by atoms with Crippen molar-refractivity contribution in [3.05, 3.63) is 149 Å². The minimum absolute atomic E-state index is 0.00274. The molecule has 0 aliphatic carbocycles. The van der Waals surface area contributed by atoms with E-state index in [2.05, 4.69) is 57.9 Å². The van der Waals surface area contributed by atoms with E-state index < -0.39 is 170 Å². The highest BCUT2D eigenvalue weighted by molar-refractivity contribution is 6.30. The number of phenolic OH excluding ortho intramolecular Hbond substituents is 1. The number of fused-ring (bicyclic) bond motifs is 2. The Labute approximate surface area is 632 Å². The van der Waals surface area contributed by atoms with Gasteiger partial charge in [0.2, 0.25) is 53.2 Å². The lowest BCUT2D eigenvalue weighted by Crippen LogP contribution is -2.62. The van der Waals surface area contributed by atoms with Gasteiger partial charge in [0.05, 0.1) is 19.3 Å². The van der Waals surface area contributed by atoms with Crippen molar-refractivity contribution in [3.63, 3.8) is 0 Å². The van der Waals surface area contributed by atoms with Gasteiger partial charge >= 0.3 is 6.03 Å². The number of aliphatic imine (C=N–C) groups is 1. The van der Waals surface area contributed by atoms with Gasteiger partial charge in [-0.1, -0.05) is 110 Å². The fourth-order valence-corrected chi connectivity index (χ4v) is 12.8. The van der Waals surface area contributed by atoms with Crippen molar-refractivity contribution >= 4 is 104 Å². The Balaban J connectivity index is 1.07. The van der Waals surface area contributed by atoms with E-state index in [4.69, 9.17) is 38.3 Å². The number of rotatable bonds is 35. The average molecular weight is 1530 g/mol. The number of aromatic amines is 1. The van der Waals surface area contributed by atoms with Gasteiger partial charge in [-0.15, -0.1) is 0 Å². The molecule has 586 valence electrons. The zero-order valence-corrected chi connectivity index (χ0v) is 61.2. The van der Waals surface area contributed by atoms with Gasteiger partial charge in [0.15, 0.2) is 12.2 Å². The van der Waals surface area contributed by atoms with Gasteiger partial charge in [-0.25, -0.2) is 10.2 Å². The Morgan fingerprint density at radius 3 is 1.71 bits per heavy atom. The summed E-state index contributed by atoms with van der Waals surface area (Å²) in [5.74, 6) is -10.0. The van der Waals surface area contributed by atoms with Gasteiger partial charge in [0.1, 0.15) is 78.4 Å². The van der Waals surface area contributed by atoms with Crippen LogP contribution < -0.4 is 70.6 Å². The SMILES string of the molecule is CC(=O)N[C@H](Cc1ccc2ccccc2c1)C(=O)N[C@H](Cc1ccc(Cl)cc1)C(=O)N[C@H](Cc1cc2ccccc2[nH]1)C(=O)N[C@@H](CO)C(=O)N[C@@H](Cc1ccc(O)cc1)C(=O)N[C@H](CO[C@@H]1O[C@@H](C)[C@H](O)[C@@H](O)[C@H]1O)C(=O)N[C@@H](CC(C)C)C(=O)N[C@@H](CCCN=C(N)N)C(=O)N1CCC[C@H]1C(=O)NNC(N)=O. The summed E-state index contributed by atoms with van der Waals surface area (Å²) in [6.07, 6.45) is -8.79. The maximum absolute atomic E-state index is 15.1. The predicted molar refractivity (Wildman–Crippen MR) is 398 cm³/mol. The molecule has 35 heteroatoms. The number of hydrogen-bond donors (Lipinski definition) is 19. The Bertz CT molecular complexity index is 4190. The summed E-state index contributed by atoms with van der Waals surface area (Å²) in [5, 5.41) is 77.6. The van der Waals surface area contributed by atoms with Crippen LogP contribution in [0.3, 0.4) is 0 Å². The minimum atomic E-state index is -1.94. The number of ether oxygens (including phenoxy) is 2. The molecular formula is C74H95ClN16O18. The third-order valence-corrected chi connectivity index (χ3v) is 18.6. The van der Waals surface area contributed by atoms with Crippen LogP contribution in [0.5, 0.6) is 5.75 Å². The van der Waals surface area contributed by atoms with E-state index in [0.717, 1.165) is 16.2 Å². The number of aliphatic hydroxyl groups excluding tert-OH is 4. The summed E-state index contributed by atoms with van der Waals surface area (Å²) in [6, 6.07) is 18.7. The highest BCUT2D eigenvalue weighted by atomic mass is 35.5. The molecule has 8 rings (SSSR count). The van der Waals surface area contributed by atoms with Crippen LogP contribution in [0.1, 0.15) is 82.2 Å². The van der Waals surface area contributed by atoms with Crippen molar-refractivity contribution in [2.75, 3.05) is 26.3 Å². The number of primary amides is 1. The molecule has 5 aromatic carbocycles. The molecule has 2 aliphatic heterocycles. The fourth-order valence-electron chi connectivity index (χ4n) is 12.7. The molecule has 109 heavy (non-hydrogen) atoms. The molecule has 2 aliphatic rings. The van der Waals surface area contributed by atoms with E-state index in [1.165, 1.54) is 43.0 Å². The van der Waals surface area contributed by atoms with Crippen LogP contribution in [-0.2, 0) is 83.1 Å². The summed E-state index contributed by atoms with van der Waals surface area (Å²) in [5.41, 5.74) is 23.0. The van der Waals surface area contributed by atoms with E-state index in [0.29, 0.717) is 33.8 Å². The van der Waals surface area contributed by atoms with Gasteiger partial charge < -0.3 is 105 Å². The number of nitrogens with zero attached hydrogens (tertiary/aromatic N) is 2. The molecule has 0 bridgehead atoms. The Kier molecular flexibility index (Phi) is 30.5. The standard InChI is InChI=1S/C74H95ClN16O18/c1-38(2)29-52(63(98)82-51(15-9-27-79-73(76)77)71(106)91-28-10-16-59(91)70(105)89-90-74(78)107)83-69(104)58(37-108-72-62(97)61(96)60(95)39(3)109-72)88-66(101)55(32-42-20-25-49(94)26-21-42)85-68(103)57(36-92)87-67(102)56(35-48-34-46-13-7-8-14-50(46)81-48)86-65(100)54(31-41-18-23-47(75)24-19-41)84-64(99)53(80-40(4)93)33-43-17-22-44-11-5-6-12-45(44)30-43/h5-8,11-14,17-26,30,34,38-39,51-62,72,81,92,94-97H,9-10,15-16,27-29,31-33,35-37H2,1-4H3,(H,80,93)(H,82,98)(H,83,104)(H,84,99)(H,85,103)(H,86,100)(H,87,102)(H,88,101)(H,89,105)(H4,76,77,79)(H3,78,90,107)/t39-,51-,52-,53+,54+,55-,56+,57-,58+,59-,60-,61+,62+,72+/m0/s1. The number of aromatic hydroxyl groups is 1. The number of para-hydroxylation sites is 1. The molecule has 0 unspecified atom stereocenters. The van der Waals surface area contributed by atoms with Crippen LogP contribution in [0.2, 0.25) is 5.02 Å². The van der Waals surface area contributed by atoms with Crippen molar-refractivity contribution in [2.45, 2.75) is 171 Å². The largest absolute Gasteiger partial charge is 0.508 e. The number of likely N-dealkylation sites (tertiary alicyclic amines) is 1. The number of benzene rings is 5. The van der Waals surface area contributed by atoms with Crippen LogP contribution in [0.15, 0.2) is 126 Å². The van der Waals surface area contributed by atoms with Crippen molar-refractivity contribution in [3.8, 4) is 5.75 Å². The number of amides is 12. The highest BCUT2D eigenvalue weighted by Gasteiger charge is 2.44. The zero-order chi connectivity index (χ0) is 79.2. The van der Waals surface area contributed by atoms with Crippen molar-refractivity contribution < 1.29 is 87.7 Å². The minimum Gasteiger partial charge on any atom is -0.508 e. The molecule has 2 fully saturated rings. The van der Waals surface area contributed by atoms with Gasteiger partial charge in [0, 0.05) is 61.9 Å². The summed E-state index contributed by atoms with van der Waals surface area (Å²) in [6.45, 7) is 4.02. The summed E-state index contributed by atoms with van der Waals surface area (Å²) in [4.78, 5) is 164. The Hall–Kier alpha value is -11.0. The van der Waals surface area contributed by atoms with Gasteiger partial charge in [-0.3, -0.25) is 58.4 Å². The summed E-state index contributed by atoms with van der Waals surface area (Å²) < 4.78 is 11.5. The highest BCUT2D eigenvalue weighted by Crippen LogP contribution is 2.25. The van der Waals surface area contributed by atoms with Crippen LogP contribution in [-0.4, -0.2) is 218 Å². The number of hydrogen-bond acceptors (Lipinski definition) is 19. The topological polar surface area (TPSA) is 537 Å². The van der Waals surface area contributed by atoms with E-state index >= 15 is 19.2 Å². The van der Waals surface area contributed by atoms with E-state index in [1.807, 2.05) is 47.9 Å². The summed E-state index contributed by atoms with van der Waals surface area (Å²) >= 11 is 6.26. The van der Waals surface area contributed by atoms with Crippen LogP contribution in [0.25, 0.3) is 21.7 Å². The van der Waals surface area contributed by atoms with Gasteiger partial charge in [0.25, 0.3) is 5.91 Å². The van der Waals surface area contributed by atoms with Gasteiger partial charge in [-0.2, -0.15) is 0 Å². The third kappa shape index (κ3) is 24.5. The molecule has 6 aromatic rings. The monoisotopic (exact) mass is 1530 g/mol. The first kappa shape index (κ1) is 83.6. The maximum atomic E-state index is 15.1.